The summed E-state index contributed by atoms with van der Waals surface area (Å²) < 4.78 is 40.0. The highest BCUT2D eigenvalue weighted by Gasteiger charge is 2.51. The van der Waals surface area contributed by atoms with Crippen LogP contribution in [0.4, 0.5) is 4.39 Å². The van der Waals surface area contributed by atoms with Crippen molar-refractivity contribution in [1.82, 2.24) is 9.55 Å². The van der Waals surface area contributed by atoms with Gasteiger partial charge in [0.15, 0.2) is 0 Å². The second-order valence-electron chi connectivity index (χ2n) is 9.90. The van der Waals surface area contributed by atoms with E-state index >= 15 is 4.39 Å². The molecule has 3 aromatic rings. The Labute approximate surface area is 198 Å². The first kappa shape index (κ1) is 23.0. The number of hydrogen-bond acceptors (Lipinski definition) is 6. The monoisotopic (exact) mass is 466 g/mol. The lowest BCUT2D eigenvalue weighted by Crippen LogP contribution is -2.41. The van der Waals surface area contributed by atoms with Crippen LogP contribution in [0.2, 0.25) is 0 Å². The van der Waals surface area contributed by atoms with Crippen molar-refractivity contribution in [2.75, 3.05) is 6.61 Å². The zero-order chi connectivity index (χ0) is 24.1. The zero-order valence-corrected chi connectivity index (χ0v) is 19.8. The summed E-state index contributed by atoms with van der Waals surface area (Å²) in [4.78, 5) is 15.5. The fourth-order valence-corrected chi connectivity index (χ4v) is 4.26. The molecule has 5 rings (SSSR count). The normalized spacial score (nSPS) is 21.0. The highest BCUT2D eigenvalue weighted by molar-refractivity contribution is 6.62. The van der Waals surface area contributed by atoms with Gasteiger partial charge in [-0.3, -0.25) is 4.79 Å². The van der Waals surface area contributed by atoms with Crippen LogP contribution in [0.25, 0.3) is 11.0 Å². The number of ether oxygens (including phenoxy) is 2. The second-order valence-corrected chi connectivity index (χ2v) is 9.90. The fraction of sp³-hybridized carbons (Fsp3) is 0.440. The van der Waals surface area contributed by atoms with Crippen LogP contribution >= 0.6 is 0 Å². The standard InChI is InChI=1S/C25H28BFN2O5/c1-24(2)25(3,4)34-26(33-24)17-6-5-16(20(27)12-17)11-23-28-21-8-7-18(32-15-30)13-22(21)29(23)14-19-9-10-31-19/h5-8,12-13,15,19H,9-11,14H2,1-4H3/t19-/m0/s1. The van der Waals surface area contributed by atoms with E-state index in [1.165, 1.54) is 6.07 Å². The molecule has 2 aliphatic rings. The molecule has 2 aliphatic heterocycles. The molecule has 0 saturated carbocycles. The SMILES string of the molecule is CC1(C)OB(c2ccc(Cc3nc4ccc(OC=O)cc4n3C[C@@H]3CCO3)c(F)c2)OC1(C)C. The third-order valence-corrected chi connectivity index (χ3v) is 7.11. The number of hydrogen-bond donors (Lipinski definition) is 0. The Morgan fingerprint density at radius 1 is 1.18 bits per heavy atom. The predicted molar refractivity (Wildman–Crippen MR) is 126 cm³/mol. The van der Waals surface area contributed by atoms with E-state index in [1.807, 2.05) is 38.3 Å². The maximum atomic E-state index is 15.2. The van der Waals surface area contributed by atoms with Gasteiger partial charge in [-0.25, -0.2) is 9.37 Å². The minimum atomic E-state index is -0.620. The molecule has 1 aromatic heterocycles. The fourth-order valence-electron chi connectivity index (χ4n) is 4.26. The summed E-state index contributed by atoms with van der Waals surface area (Å²) in [5.74, 6) is 0.814. The van der Waals surface area contributed by atoms with Gasteiger partial charge in [0.05, 0.1) is 34.9 Å². The number of carbonyl (C=O) groups excluding carboxylic acids is 1. The van der Waals surface area contributed by atoms with Crippen LogP contribution in [0.15, 0.2) is 36.4 Å². The summed E-state index contributed by atoms with van der Waals surface area (Å²) in [6, 6.07) is 10.4. The van der Waals surface area contributed by atoms with Crippen LogP contribution in [0.5, 0.6) is 5.75 Å². The number of imidazole rings is 1. The maximum absolute atomic E-state index is 15.2. The van der Waals surface area contributed by atoms with E-state index in [4.69, 9.17) is 23.8 Å². The van der Waals surface area contributed by atoms with Crippen molar-refractivity contribution >= 4 is 30.1 Å². The molecule has 0 unspecified atom stereocenters. The lowest BCUT2D eigenvalue weighted by atomic mass is 9.78. The third kappa shape index (κ3) is 4.12. The van der Waals surface area contributed by atoms with Crippen molar-refractivity contribution in [3.05, 3.63) is 53.6 Å². The maximum Gasteiger partial charge on any atom is 0.494 e. The van der Waals surface area contributed by atoms with Gasteiger partial charge in [-0.2, -0.15) is 0 Å². The summed E-state index contributed by atoms with van der Waals surface area (Å²) in [7, 11) is -0.620. The topological polar surface area (TPSA) is 71.8 Å². The first-order valence-electron chi connectivity index (χ1n) is 11.5. The molecule has 178 valence electrons. The number of carbonyl (C=O) groups is 1. The van der Waals surface area contributed by atoms with Crippen molar-refractivity contribution < 1.29 is 28.0 Å². The van der Waals surface area contributed by atoms with Gasteiger partial charge in [0.1, 0.15) is 17.4 Å². The summed E-state index contributed by atoms with van der Waals surface area (Å²) in [5.41, 5.74) is 1.75. The zero-order valence-electron chi connectivity index (χ0n) is 19.8. The van der Waals surface area contributed by atoms with Crippen molar-refractivity contribution in [1.29, 1.82) is 0 Å². The van der Waals surface area contributed by atoms with Gasteiger partial charge in [-0.1, -0.05) is 12.1 Å². The van der Waals surface area contributed by atoms with Crippen LogP contribution in [-0.4, -0.2) is 47.1 Å². The average molecular weight is 466 g/mol. The number of benzene rings is 2. The number of rotatable bonds is 7. The Morgan fingerprint density at radius 2 is 1.91 bits per heavy atom. The second kappa shape index (κ2) is 8.48. The van der Waals surface area contributed by atoms with Crippen LogP contribution in [0.1, 0.15) is 45.5 Å². The van der Waals surface area contributed by atoms with Gasteiger partial charge in [-0.15, -0.1) is 0 Å². The molecule has 9 heteroatoms. The Balaban J connectivity index is 1.44. The molecule has 0 spiro atoms. The highest BCUT2D eigenvalue weighted by atomic mass is 19.1. The molecule has 0 amide bonds. The minimum absolute atomic E-state index is 0.0855. The molecule has 2 saturated heterocycles. The lowest BCUT2D eigenvalue weighted by Gasteiger charge is -2.32. The smallest absolute Gasteiger partial charge is 0.429 e. The third-order valence-electron chi connectivity index (χ3n) is 7.11. The number of nitrogens with zero attached hydrogens (tertiary/aromatic N) is 2. The molecule has 0 bridgehead atoms. The van der Waals surface area contributed by atoms with Gasteiger partial charge >= 0.3 is 7.12 Å². The Hall–Kier alpha value is -2.75. The molecular formula is C25H28BFN2O5. The van der Waals surface area contributed by atoms with Crippen LogP contribution in [0, 0.1) is 5.82 Å². The molecule has 7 nitrogen and oxygen atoms in total. The summed E-state index contributed by atoms with van der Waals surface area (Å²) in [6.45, 7) is 9.62. The molecule has 3 heterocycles. The van der Waals surface area contributed by atoms with E-state index in [0.717, 1.165) is 29.9 Å². The van der Waals surface area contributed by atoms with Gasteiger partial charge < -0.3 is 23.3 Å². The first-order chi connectivity index (χ1) is 16.2. The molecule has 2 aromatic carbocycles. The van der Waals surface area contributed by atoms with E-state index in [1.54, 1.807) is 24.3 Å². The summed E-state index contributed by atoms with van der Waals surface area (Å²) in [5, 5.41) is 0. The van der Waals surface area contributed by atoms with E-state index in [2.05, 4.69) is 0 Å². The van der Waals surface area contributed by atoms with Crippen molar-refractivity contribution in [2.24, 2.45) is 0 Å². The van der Waals surface area contributed by atoms with Gasteiger partial charge in [-0.05, 0) is 63.3 Å². The number of fused-ring (bicyclic) bond motifs is 1. The molecule has 0 radical (unpaired) electrons. The molecular weight excluding hydrogens is 438 g/mol. The summed E-state index contributed by atoms with van der Waals surface area (Å²) in [6.07, 6.45) is 1.35. The Bertz CT molecular complexity index is 1220. The van der Waals surface area contributed by atoms with Gasteiger partial charge in [0.25, 0.3) is 6.47 Å². The van der Waals surface area contributed by atoms with Crippen molar-refractivity contribution in [3.63, 3.8) is 0 Å². The predicted octanol–water partition coefficient (Wildman–Crippen LogP) is 3.39. The molecule has 1 atom stereocenters. The quantitative estimate of drug-likeness (QED) is 0.393. The Morgan fingerprint density at radius 3 is 2.53 bits per heavy atom. The van der Waals surface area contributed by atoms with Crippen LogP contribution in [0.3, 0.4) is 0 Å². The molecule has 0 aliphatic carbocycles. The average Bonchev–Trinajstić information content (AvgIpc) is 3.18. The van der Waals surface area contributed by atoms with Crippen LogP contribution < -0.4 is 10.2 Å². The van der Waals surface area contributed by atoms with Crippen molar-refractivity contribution in [3.8, 4) is 5.75 Å². The van der Waals surface area contributed by atoms with E-state index in [-0.39, 0.29) is 11.9 Å². The first-order valence-corrected chi connectivity index (χ1v) is 11.5. The molecule has 0 N–H and O–H groups in total. The lowest BCUT2D eigenvalue weighted by molar-refractivity contribution is -0.120. The number of aromatic nitrogens is 2. The van der Waals surface area contributed by atoms with Gasteiger partial charge in [0, 0.05) is 19.1 Å². The minimum Gasteiger partial charge on any atom is -0.429 e. The molecule has 34 heavy (non-hydrogen) atoms. The largest absolute Gasteiger partial charge is 0.494 e. The van der Waals surface area contributed by atoms with E-state index in [9.17, 15) is 4.79 Å². The highest BCUT2D eigenvalue weighted by Crippen LogP contribution is 2.36. The van der Waals surface area contributed by atoms with Gasteiger partial charge in [0.2, 0.25) is 0 Å². The number of halogens is 1. The van der Waals surface area contributed by atoms with Crippen molar-refractivity contribution in [2.45, 2.75) is 64.4 Å². The van der Waals surface area contributed by atoms with E-state index in [0.29, 0.717) is 36.2 Å². The van der Waals surface area contributed by atoms with Crippen LogP contribution in [-0.2, 0) is 31.8 Å². The van der Waals surface area contributed by atoms with E-state index < -0.39 is 18.3 Å². The Kier molecular flexibility index (Phi) is 5.74. The molecule has 2 fully saturated rings. The summed E-state index contributed by atoms with van der Waals surface area (Å²) >= 11 is 0.